The van der Waals surface area contributed by atoms with Crippen molar-refractivity contribution in [1.82, 2.24) is 10.3 Å². The summed E-state index contributed by atoms with van der Waals surface area (Å²) in [7, 11) is 0. The summed E-state index contributed by atoms with van der Waals surface area (Å²) in [5.41, 5.74) is 0.644. The minimum Gasteiger partial charge on any atom is -0.378 e. The van der Waals surface area contributed by atoms with E-state index in [1.807, 2.05) is 0 Å². The van der Waals surface area contributed by atoms with E-state index in [0.717, 1.165) is 13.2 Å². The number of anilines is 1. The molecule has 1 aromatic rings. The lowest BCUT2D eigenvalue weighted by Gasteiger charge is -2.24. The molecule has 1 unspecified atom stereocenters. The highest BCUT2D eigenvalue weighted by Gasteiger charge is 2.15. The summed E-state index contributed by atoms with van der Waals surface area (Å²) in [5, 5.41) is 17.2. The first-order valence-electron chi connectivity index (χ1n) is 5.83. The molecule has 1 aromatic heterocycles. The molecule has 18 heavy (non-hydrogen) atoms. The Morgan fingerprint density at radius 1 is 1.72 bits per heavy atom. The number of nitrogens with one attached hydrogen (secondary N) is 2. The number of morpholine rings is 1. The molecule has 1 saturated heterocycles. The van der Waals surface area contributed by atoms with E-state index >= 15 is 0 Å². The van der Waals surface area contributed by atoms with Crippen molar-refractivity contribution in [3.05, 3.63) is 27.9 Å². The second kappa shape index (κ2) is 5.74. The van der Waals surface area contributed by atoms with Crippen LogP contribution in [0.5, 0.6) is 0 Å². The third kappa shape index (κ3) is 3.14. The molecule has 0 bridgehead atoms. The van der Waals surface area contributed by atoms with Gasteiger partial charge in [-0.3, -0.25) is 10.1 Å². The lowest BCUT2D eigenvalue weighted by atomic mass is 10.2. The number of rotatable bonds is 4. The predicted molar refractivity (Wildman–Crippen MR) is 66.7 cm³/mol. The molecule has 98 valence electrons. The van der Waals surface area contributed by atoms with Crippen LogP contribution in [0.1, 0.15) is 5.56 Å². The second-order valence-corrected chi connectivity index (χ2v) is 4.22. The van der Waals surface area contributed by atoms with Crippen LogP contribution in [0.3, 0.4) is 0 Å². The van der Waals surface area contributed by atoms with Crippen LogP contribution in [0.2, 0.25) is 0 Å². The van der Waals surface area contributed by atoms with E-state index in [2.05, 4.69) is 15.6 Å². The van der Waals surface area contributed by atoms with Gasteiger partial charge < -0.3 is 15.4 Å². The number of nitrogens with zero attached hydrogens (tertiary/aromatic N) is 2. The SMILES string of the molecule is Cc1cnc(NCC2COCCN2)cc1[N+](=O)[O-]. The number of pyridine rings is 1. The smallest absolute Gasteiger partial charge is 0.277 e. The Morgan fingerprint density at radius 2 is 2.56 bits per heavy atom. The molecule has 2 heterocycles. The molecule has 0 spiro atoms. The van der Waals surface area contributed by atoms with Crippen LogP contribution in [0, 0.1) is 17.0 Å². The molecule has 1 aliphatic heterocycles. The summed E-state index contributed by atoms with van der Waals surface area (Å²) in [6.45, 7) is 4.50. The zero-order valence-electron chi connectivity index (χ0n) is 10.2. The van der Waals surface area contributed by atoms with Gasteiger partial charge in [0, 0.05) is 30.9 Å². The lowest BCUT2D eigenvalue weighted by Crippen LogP contribution is -2.45. The molecule has 1 atom stereocenters. The van der Waals surface area contributed by atoms with Gasteiger partial charge in [-0.25, -0.2) is 4.98 Å². The van der Waals surface area contributed by atoms with Gasteiger partial charge in [-0.2, -0.15) is 0 Å². The molecule has 7 heteroatoms. The van der Waals surface area contributed by atoms with Crippen molar-refractivity contribution in [2.75, 3.05) is 31.6 Å². The summed E-state index contributed by atoms with van der Waals surface area (Å²) in [6.07, 6.45) is 1.51. The van der Waals surface area contributed by atoms with Crippen LogP contribution in [0.4, 0.5) is 11.5 Å². The first kappa shape index (κ1) is 12.7. The molecular weight excluding hydrogens is 236 g/mol. The molecule has 0 amide bonds. The van der Waals surface area contributed by atoms with Crippen molar-refractivity contribution < 1.29 is 9.66 Å². The van der Waals surface area contributed by atoms with Crippen LogP contribution in [0.15, 0.2) is 12.3 Å². The van der Waals surface area contributed by atoms with E-state index < -0.39 is 4.92 Å². The Kier molecular flexibility index (Phi) is 4.06. The van der Waals surface area contributed by atoms with Gasteiger partial charge in [0.25, 0.3) is 5.69 Å². The van der Waals surface area contributed by atoms with E-state index in [1.54, 1.807) is 6.92 Å². The lowest BCUT2D eigenvalue weighted by molar-refractivity contribution is -0.385. The maximum atomic E-state index is 10.8. The molecule has 1 aliphatic rings. The number of aromatic nitrogens is 1. The highest BCUT2D eigenvalue weighted by molar-refractivity contribution is 5.48. The normalized spacial score (nSPS) is 19.5. The van der Waals surface area contributed by atoms with Crippen molar-refractivity contribution in [3.8, 4) is 0 Å². The Bertz CT molecular complexity index is 432. The quantitative estimate of drug-likeness (QED) is 0.605. The second-order valence-electron chi connectivity index (χ2n) is 4.22. The van der Waals surface area contributed by atoms with Crippen molar-refractivity contribution in [2.24, 2.45) is 0 Å². The minimum absolute atomic E-state index is 0.0837. The van der Waals surface area contributed by atoms with Crippen LogP contribution in [0.25, 0.3) is 0 Å². The zero-order valence-corrected chi connectivity index (χ0v) is 10.2. The first-order valence-corrected chi connectivity index (χ1v) is 5.83. The molecule has 0 radical (unpaired) electrons. The fourth-order valence-electron chi connectivity index (χ4n) is 1.79. The van der Waals surface area contributed by atoms with E-state index in [1.165, 1.54) is 12.3 Å². The molecule has 7 nitrogen and oxygen atoms in total. The minimum atomic E-state index is -0.399. The number of hydrogen-bond donors (Lipinski definition) is 2. The standard InChI is InChI=1S/C11H16N4O3/c1-8-5-13-11(4-10(8)15(16)17)14-6-9-7-18-3-2-12-9/h4-5,9,12H,2-3,6-7H2,1H3,(H,13,14). The van der Waals surface area contributed by atoms with Gasteiger partial charge in [-0.1, -0.05) is 0 Å². The summed E-state index contributed by atoms with van der Waals surface area (Å²) in [4.78, 5) is 14.5. The molecule has 2 rings (SSSR count). The van der Waals surface area contributed by atoms with Crippen molar-refractivity contribution in [1.29, 1.82) is 0 Å². The van der Waals surface area contributed by atoms with Crippen LogP contribution >= 0.6 is 0 Å². The molecule has 2 N–H and O–H groups in total. The summed E-state index contributed by atoms with van der Waals surface area (Å²) in [5.74, 6) is 0.514. The summed E-state index contributed by atoms with van der Waals surface area (Å²) < 4.78 is 5.32. The van der Waals surface area contributed by atoms with Crippen molar-refractivity contribution in [2.45, 2.75) is 13.0 Å². The van der Waals surface area contributed by atoms with Crippen LogP contribution < -0.4 is 10.6 Å². The molecule has 0 saturated carbocycles. The molecule has 1 fully saturated rings. The monoisotopic (exact) mass is 252 g/mol. The van der Waals surface area contributed by atoms with Crippen LogP contribution in [-0.4, -0.2) is 42.3 Å². The topological polar surface area (TPSA) is 89.3 Å². The van der Waals surface area contributed by atoms with Crippen LogP contribution in [-0.2, 0) is 4.74 Å². The number of nitro groups is 1. The van der Waals surface area contributed by atoms with E-state index in [4.69, 9.17) is 4.74 Å². The Labute approximate surface area is 105 Å². The molecule has 0 aliphatic carbocycles. The fraction of sp³-hybridized carbons (Fsp3) is 0.545. The maximum Gasteiger partial charge on any atom is 0.277 e. The molecule has 0 aromatic carbocycles. The maximum absolute atomic E-state index is 10.8. The number of hydrogen-bond acceptors (Lipinski definition) is 6. The van der Waals surface area contributed by atoms with Gasteiger partial charge in [0.2, 0.25) is 0 Å². The number of aryl methyl sites for hydroxylation is 1. The van der Waals surface area contributed by atoms with Gasteiger partial charge in [0.15, 0.2) is 0 Å². The zero-order chi connectivity index (χ0) is 13.0. The van der Waals surface area contributed by atoms with Crippen molar-refractivity contribution >= 4 is 11.5 Å². The highest BCUT2D eigenvalue weighted by atomic mass is 16.6. The van der Waals surface area contributed by atoms with Crippen molar-refractivity contribution in [3.63, 3.8) is 0 Å². The van der Waals surface area contributed by atoms with Gasteiger partial charge in [-0.05, 0) is 6.92 Å². The average molecular weight is 252 g/mol. The first-order chi connectivity index (χ1) is 8.66. The van der Waals surface area contributed by atoms with E-state index in [0.29, 0.717) is 24.5 Å². The predicted octanol–water partition coefficient (Wildman–Crippen LogP) is 0.699. The van der Waals surface area contributed by atoms with Gasteiger partial charge in [0.05, 0.1) is 24.2 Å². The van der Waals surface area contributed by atoms with Gasteiger partial charge in [-0.15, -0.1) is 0 Å². The Hall–Kier alpha value is -1.73. The van der Waals surface area contributed by atoms with E-state index in [9.17, 15) is 10.1 Å². The third-order valence-electron chi connectivity index (χ3n) is 2.80. The largest absolute Gasteiger partial charge is 0.378 e. The number of ether oxygens (including phenoxy) is 1. The van der Waals surface area contributed by atoms with Gasteiger partial charge in [0.1, 0.15) is 5.82 Å². The summed E-state index contributed by atoms with van der Waals surface area (Å²) in [6, 6.07) is 1.67. The summed E-state index contributed by atoms with van der Waals surface area (Å²) >= 11 is 0. The third-order valence-corrected chi connectivity index (χ3v) is 2.80. The Balaban J connectivity index is 1.96. The fourth-order valence-corrected chi connectivity index (χ4v) is 1.79. The average Bonchev–Trinajstić information content (AvgIpc) is 2.38. The highest BCUT2D eigenvalue weighted by Crippen LogP contribution is 2.19. The van der Waals surface area contributed by atoms with Gasteiger partial charge >= 0.3 is 0 Å². The Morgan fingerprint density at radius 3 is 3.22 bits per heavy atom. The molecular formula is C11H16N4O3. The van der Waals surface area contributed by atoms with E-state index in [-0.39, 0.29) is 11.7 Å².